The summed E-state index contributed by atoms with van der Waals surface area (Å²) in [5.74, 6) is -3.10. The Morgan fingerprint density at radius 2 is 1.54 bits per heavy atom. The van der Waals surface area contributed by atoms with E-state index in [0.717, 1.165) is 0 Å². The summed E-state index contributed by atoms with van der Waals surface area (Å²) in [5.41, 5.74) is 0.662. The topological polar surface area (TPSA) is 133 Å². The molecule has 2 amide bonds. The van der Waals surface area contributed by atoms with Crippen LogP contribution in [0.1, 0.15) is 43.1 Å². The van der Waals surface area contributed by atoms with Crippen molar-refractivity contribution in [2.45, 2.75) is 45.7 Å². The van der Waals surface area contributed by atoms with Crippen LogP contribution in [-0.2, 0) is 20.8 Å². The van der Waals surface area contributed by atoms with Gasteiger partial charge in [-0.3, -0.25) is 9.59 Å². The Balaban J connectivity index is 2.85. The number of carboxylic acid groups (broad SMARTS) is 2. The average Bonchev–Trinajstić information content (AvgIpc) is 2.53. The molecule has 0 aliphatic carbocycles. The van der Waals surface area contributed by atoms with Crippen molar-refractivity contribution < 1.29 is 29.4 Å². The molecule has 1 aromatic carbocycles. The maximum absolute atomic E-state index is 12.4. The van der Waals surface area contributed by atoms with Gasteiger partial charge < -0.3 is 20.8 Å². The number of nitrogens with one attached hydrogen (secondary N) is 2. The Labute approximate surface area is 151 Å². The zero-order valence-corrected chi connectivity index (χ0v) is 15.0. The molecule has 0 aliphatic rings. The minimum atomic E-state index is -1.22. The van der Waals surface area contributed by atoms with Crippen LogP contribution < -0.4 is 10.6 Å². The number of hydrogen-bond donors (Lipinski definition) is 4. The number of benzene rings is 1. The molecule has 0 radical (unpaired) electrons. The van der Waals surface area contributed by atoms with Crippen LogP contribution in [0.3, 0.4) is 0 Å². The third kappa shape index (κ3) is 6.92. The summed E-state index contributed by atoms with van der Waals surface area (Å²) in [6.45, 7) is 5.07. The van der Waals surface area contributed by atoms with Gasteiger partial charge in [-0.05, 0) is 30.0 Å². The lowest BCUT2D eigenvalue weighted by atomic mass is 10.0. The largest absolute Gasteiger partial charge is 0.480 e. The minimum absolute atomic E-state index is 0.00452. The highest BCUT2D eigenvalue weighted by molar-refractivity contribution is 5.90. The number of carbonyl (C=O) groups excluding carboxylic acids is 2. The summed E-state index contributed by atoms with van der Waals surface area (Å²) in [5, 5.41) is 23.2. The molecule has 1 aromatic rings. The van der Waals surface area contributed by atoms with Gasteiger partial charge in [0.25, 0.3) is 0 Å². The Morgan fingerprint density at radius 1 is 0.962 bits per heavy atom. The first-order valence-electron chi connectivity index (χ1n) is 8.22. The third-order valence-electron chi connectivity index (χ3n) is 3.66. The molecule has 2 atom stereocenters. The second-order valence-electron chi connectivity index (χ2n) is 6.49. The van der Waals surface area contributed by atoms with E-state index >= 15 is 0 Å². The zero-order valence-electron chi connectivity index (χ0n) is 15.0. The molecule has 1 rings (SSSR count). The van der Waals surface area contributed by atoms with E-state index < -0.39 is 29.9 Å². The first kappa shape index (κ1) is 21.1. The fraction of sp³-hybridized carbons (Fsp3) is 0.444. The summed E-state index contributed by atoms with van der Waals surface area (Å²) < 4.78 is 0. The van der Waals surface area contributed by atoms with Gasteiger partial charge in [-0.15, -0.1) is 0 Å². The summed E-state index contributed by atoms with van der Waals surface area (Å²) in [4.78, 5) is 46.0. The van der Waals surface area contributed by atoms with Gasteiger partial charge in [-0.2, -0.15) is 0 Å². The normalized spacial score (nSPS) is 12.9. The van der Waals surface area contributed by atoms with Crippen LogP contribution in [0.4, 0.5) is 0 Å². The molecule has 0 spiro atoms. The lowest BCUT2D eigenvalue weighted by Gasteiger charge is -2.22. The first-order chi connectivity index (χ1) is 12.1. The molecule has 0 fully saturated rings. The Morgan fingerprint density at radius 3 is 1.96 bits per heavy atom. The number of aliphatic carboxylic acids is 1. The van der Waals surface area contributed by atoms with E-state index in [4.69, 9.17) is 5.11 Å². The van der Waals surface area contributed by atoms with Gasteiger partial charge >= 0.3 is 11.9 Å². The molecular formula is C18H24N2O6. The predicted octanol–water partition coefficient (Wildman–Crippen LogP) is 1.05. The van der Waals surface area contributed by atoms with E-state index in [0.29, 0.717) is 12.0 Å². The fourth-order valence-electron chi connectivity index (χ4n) is 2.44. The number of carboxylic acids is 2. The lowest BCUT2D eigenvalue weighted by Crippen LogP contribution is -2.52. The maximum atomic E-state index is 12.4. The molecule has 0 aliphatic heterocycles. The second-order valence-corrected chi connectivity index (χ2v) is 6.49. The number of amides is 2. The third-order valence-corrected chi connectivity index (χ3v) is 3.66. The molecule has 0 unspecified atom stereocenters. The predicted molar refractivity (Wildman–Crippen MR) is 93.7 cm³/mol. The number of aromatic carboxylic acids is 1. The zero-order chi connectivity index (χ0) is 19.9. The summed E-state index contributed by atoms with van der Waals surface area (Å²) in [7, 11) is 0. The lowest BCUT2D eigenvalue weighted by molar-refractivity contribution is -0.142. The monoisotopic (exact) mass is 364 g/mol. The van der Waals surface area contributed by atoms with Crippen molar-refractivity contribution in [2.24, 2.45) is 5.92 Å². The van der Waals surface area contributed by atoms with Crippen molar-refractivity contribution in [1.82, 2.24) is 10.6 Å². The van der Waals surface area contributed by atoms with Crippen LogP contribution in [0, 0.1) is 5.92 Å². The van der Waals surface area contributed by atoms with E-state index in [1.165, 1.54) is 31.2 Å². The van der Waals surface area contributed by atoms with Crippen molar-refractivity contribution in [3.63, 3.8) is 0 Å². The van der Waals surface area contributed by atoms with Crippen LogP contribution in [0.2, 0.25) is 0 Å². The molecule has 26 heavy (non-hydrogen) atoms. The average molecular weight is 364 g/mol. The molecule has 0 heterocycles. The minimum Gasteiger partial charge on any atom is -0.480 e. The van der Waals surface area contributed by atoms with E-state index in [9.17, 15) is 24.3 Å². The van der Waals surface area contributed by atoms with Gasteiger partial charge in [0.05, 0.1) is 5.56 Å². The summed E-state index contributed by atoms with van der Waals surface area (Å²) in [6, 6.07) is 3.75. The van der Waals surface area contributed by atoms with Gasteiger partial charge in [-0.25, -0.2) is 9.59 Å². The quantitative estimate of drug-likeness (QED) is 0.518. The van der Waals surface area contributed by atoms with Gasteiger partial charge in [0.2, 0.25) is 11.8 Å². The van der Waals surface area contributed by atoms with Crippen LogP contribution in [0.15, 0.2) is 24.3 Å². The van der Waals surface area contributed by atoms with E-state index in [1.807, 2.05) is 13.8 Å². The molecular weight excluding hydrogens is 340 g/mol. The standard InChI is InChI=1S/C18H24N2O6/c1-10(2)8-14(19-11(3)21)16(22)20-15(18(25)26)9-12-4-6-13(7-5-12)17(23)24/h4-7,10,14-15H,8-9H2,1-3H3,(H,19,21)(H,20,22)(H,23,24)(H,25,26)/t14-,15+/m0/s1. The summed E-state index contributed by atoms with van der Waals surface area (Å²) >= 11 is 0. The van der Waals surface area contributed by atoms with E-state index in [-0.39, 0.29) is 23.8 Å². The van der Waals surface area contributed by atoms with Crippen LogP contribution in [-0.4, -0.2) is 46.0 Å². The Hall–Kier alpha value is -2.90. The SMILES string of the molecule is CC(=O)N[C@@H](CC(C)C)C(=O)N[C@H](Cc1ccc(C(=O)O)cc1)C(=O)O. The molecule has 4 N–H and O–H groups in total. The Bertz CT molecular complexity index is 669. The molecule has 142 valence electrons. The van der Waals surface area contributed by atoms with Gasteiger partial charge in [0.15, 0.2) is 0 Å². The van der Waals surface area contributed by atoms with Crippen molar-refractivity contribution in [3.05, 3.63) is 35.4 Å². The second kappa shape index (κ2) is 9.55. The number of carbonyl (C=O) groups is 4. The van der Waals surface area contributed by atoms with Gasteiger partial charge in [-0.1, -0.05) is 26.0 Å². The van der Waals surface area contributed by atoms with Crippen LogP contribution >= 0.6 is 0 Å². The summed E-state index contributed by atoms with van der Waals surface area (Å²) in [6.07, 6.45) is 0.375. The first-order valence-corrected chi connectivity index (χ1v) is 8.22. The fourth-order valence-corrected chi connectivity index (χ4v) is 2.44. The molecule has 0 saturated heterocycles. The molecule has 0 aromatic heterocycles. The Kier molecular flexibility index (Phi) is 7.77. The molecule has 8 nitrogen and oxygen atoms in total. The number of rotatable bonds is 9. The van der Waals surface area contributed by atoms with Crippen LogP contribution in [0.5, 0.6) is 0 Å². The van der Waals surface area contributed by atoms with Crippen LogP contribution in [0.25, 0.3) is 0 Å². The molecule has 8 heteroatoms. The van der Waals surface area contributed by atoms with Crippen molar-refractivity contribution in [3.8, 4) is 0 Å². The highest BCUT2D eigenvalue weighted by atomic mass is 16.4. The van der Waals surface area contributed by atoms with Gasteiger partial charge in [0.1, 0.15) is 12.1 Å². The van der Waals surface area contributed by atoms with Crippen molar-refractivity contribution >= 4 is 23.8 Å². The van der Waals surface area contributed by atoms with E-state index in [1.54, 1.807) is 0 Å². The highest BCUT2D eigenvalue weighted by Crippen LogP contribution is 2.09. The molecule has 0 bridgehead atoms. The number of hydrogen-bond acceptors (Lipinski definition) is 4. The smallest absolute Gasteiger partial charge is 0.335 e. The maximum Gasteiger partial charge on any atom is 0.335 e. The highest BCUT2D eigenvalue weighted by Gasteiger charge is 2.26. The van der Waals surface area contributed by atoms with Crippen molar-refractivity contribution in [1.29, 1.82) is 0 Å². The van der Waals surface area contributed by atoms with Gasteiger partial charge in [0, 0.05) is 13.3 Å². The van der Waals surface area contributed by atoms with Crippen molar-refractivity contribution in [2.75, 3.05) is 0 Å². The van der Waals surface area contributed by atoms with E-state index in [2.05, 4.69) is 10.6 Å². The molecule has 0 saturated carbocycles.